The van der Waals surface area contributed by atoms with Gasteiger partial charge in [0.15, 0.2) is 6.10 Å². The van der Waals surface area contributed by atoms with E-state index < -0.39 is 18.2 Å². The van der Waals surface area contributed by atoms with Crippen LogP contribution in [0.25, 0.3) is 0 Å². The summed E-state index contributed by atoms with van der Waals surface area (Å²) in [5.41, 5.74) is 1.13. The van der Waals surface area contributed by atoms with E-state index in [-0.39, 0.29) is 31.8 Å². The first-order chi connectivity index (χ1) is 10.2. The molecule has 0 spiro atoms. The molecule has 0 bridgehead atoms. The van der Waals surface area contributed by atoms with E-state index in [1.165, 1.54) is 4.90 Å². The quantitative estimate of drug-likeness (QED) is 0.899. The minimum absolute atomic E-state index is 0.121. The van der Waals surface area contributed by atoms with Gasteiger partial charge in [-0.1, -0.05) is 23.7 Å². The number of alkyl halides is 3. The van der Waals surface area contributed by atoms with Crippen LogP contribution < -0.4 is 0 Å². The second-order valence-corrected chi connectivity index (χ2v) is 5.93. The average molecular weight is 336 g/mol. The van der Waals surface area contributed by atoms with Crippen molar-refractivity contribution in [3.05, 3.63) is 34.3 Å². The van der Waals surface area contributed by atoms with Gasteiger partial charge in [-0.15, -0.1) is 0 Å². The molecule has 1 N–H and O–H groups in total. The first-order valence-corrected chi connectivity index (χ1v) is 7.38. The summed E-state index contributed by atoms with van der Waals surface area (Å²) in [4.78, 5) is 13.9. The highest BCUT2D eigenvalue weighted by atomic mass is 35.5. The number of aliphatic hydroxyl groups excluding tert-OH is 1. The van der Waals surface area contributed by atoms with Gasteiger partial charge in [-0.05, 0) is 37.3 Å². The summed E-state index contributed by atoms with van der Waals surface area (Å²) in [7, 11) is 0. The molecule has 1 aromatic carbocycles. The number of hydrogen-bond acceptors (Lipinski definition) is 2. The smallest absolute Gasteiger partial charge is 0.383 e. The van der Waals surface area contributed by atoms with Crippen LogP contribution in [0, 0.1) is 12.8 Å². The predicted molar refractivity (Wildman–Crippen MR) is 76.9 cm³/mol. The van der Waals surface area contributed by atoms with Crippen molar-refractivity contribution >= 4 is 17.5 Å². The molecule has 1 fully saturated rings. The highest BCUT2D eigenvalue weighted by Crippen LogP contribution is 2.32. The van der Waals surface area contributed by atoms with Crippen molar-refractivity contribution in [2.45, 2.75) is 32.0 Å². The van der Waals surface area contributed by atoms with E-state index in [0.717, 1.165) is 5.56 Å². The zero-order valence-electron chi connectivity index (χ0n) is 12.0. The van der Waals surface area contributed by atoms with Crippen molar-refractivity contribution in [3.63, 3.8) is 0 Å². The zero-order valence-corrected chi connectivity index (χ0v) is 12.8. The Labute approximate surface area is 131 Å². The van der Waals surface area contributed by atoms with Crippen LogP contribution in [-0.2, 0) is 0 Å². The van der Waals surface area contributed by atoms with Crippen molar-refractivity contribution < 1.29 is 23.1 Å². The van der Waals surface area contributed by atoms with Gasteiger partial charge < -0.3 is 10.0 Å². The lowest BCUT2D eigenvalue weighted by Gasteiger charge is -2.35. The second-order valence-electron chi connectivity index (χ2n) is 5.55. The van der Waals surface area contributed by atoms with Gasteiger partial charge in [0.2, 0.25) is 0 Å². The molecular weight excluding hydrogens is 319 g/mol. The number of carbonyl (C=O) groups is 1. The molecule has 22 heavy (non-hydrogen) atoms. The van der Waals surface area contributed by atoms with E-state index in [4.69, 9.17) is 11.6 Å². The number of halogens is 4. The third kappa shape index (κ3) is 3.55. The summed E-state index contributed by atoms with van der Waals surface area (Å²) in [5, 5.41) is 9.65. The predicted octanol–water partition coefficient (Wildman–Crippen LogP) is 3.42. The molecule has 7 heteroatoms. The van der Waals surface area contributed by atoms with Crippen LogP contribution in [0.5, 0.6) is 0 Å². The van der Waals surface area contributed by atoms with E-state index in [9.17, 15) is 23.1 Å². The van der Waals surface area contributed by atoms with Crippen molar-refractivity contribution in [2.24, 2.45) is 5.92 Å². The topological polar surface area (TPSA) is 40.5 Å². The molecule has 1 aliphatic rings. The van der Waals surface area contributed by atoms with Crippen LogP contribution in [-0.4, -0.2) is 41.3 Å². The van der Waals surface area contributed by atoms with Gasteiger partial charge >= 0.3 is 6.18 Å². The molecule has 1 saturated heterocycles. The van der Waals surface area contributed by atoms with Gasteiger partial charge in [0.1, 0.15) is 0 Å². The monoisotopic (exact) mass is 335 g/mol. The summed E-state index contributed by atoms with van der Waals surface area (Å²) in [5.74, 6) is -1.15. The molecule has 3 nitrogen and oxygen atoms in total. The summed E-state index contributed by atoms with van der Waals surface area (Å²) in [6, 6.07) is 5.11. The first-order valence-electron chi connectivity index (χ1n) is 7.01. The van der Waals surface area contributed by atoms with Gasteiger partial charge in [0, 0.05) is 13.1 Å². The molecule has 0 saturated carbocycles. The first kappa shape index (κ1) is 17.1. The lowest BCUT2D eigenvalue weighted by Crippen LogP contribution is -2.45. The SMILES string of the molecule is Cc1cccc(C(=O)N2CCC(C(O)C(F)(F)F)CC2)c1Cl. The third-order valence-corrected chi connectivity index (χ3v) is 4.53. The Morgan fingerprint density at radius 3 is 2.50 bits per heavy atom. The number of hydrogen-bond donors (Lipinski definition) is 1. The number of likely N-dealkylation sites (tertiary alicyclic amines) is 1. The molecule has 122 valence electrons. The number of rotatable bonds is 2. The Bertz CT molecular complexity index is 554. The number of nitrogens with zero attached hydrogens (tertiary/aromatic N) is 1. The second kappa shape index (κ2) is 6.46. The van der Waals surface area contributed by atoms with E-state index in [1.807, 2.05) is 0 Å². The lowest BCUT2D eigenvalue weighted by molar-refractivity contribution is -0.222. The molecular formula is C15H17ClF3NO2. The Morgan fingerprint density at radius 1 is 1.36 bits per heavy atom. The van der Waals surface area contributed by atoms with Crippen molar-refractivity contribution in [2.75, 3.05) is 13.1 Å². The van der Waals surface area contributed by atoms with Gasteiger partial charge in [-0.3, -0.25) is 4.79 Å². The molecule has 1 amide bonds. The van der Waals surface area contributed by atoms with Gasteiger partial charge in [0.25, 0.3) is 5.91 Å². The highest BCUT2D eigenvalue weighted by molar-refractivity contribution is 6.34. The van der Waals surface area contributed by atoms with E-state index in [0.29, 0.717) is 10.6 Å². The molecule has 1 heterocycles. The van der Waals surface area contributed by atoms with Gasteiger partial charge in [-0.2, -0.15) is 13.2 Å². The number of amides is 1. The molecule has 2 rings (SSSR count). The third-order valence-electron chi connectivity index (χ3n) is 4.03. The number of piperidine rings is 1. The maximum absolute atomic E-state index is 12.5. The van der Waals surface area contributed by atoms with Crippen LogP contribution in [0.1, 0.15) is 28.8 Å². The number of aryl methyl sites for hydroxylation is 1. The fourth-order valence-corrected chi connectivity index (χ4v) is 2.88. The Morgan fingerprint density at radius 2 is 1.95 bits per heavy atom. The van der Waals surface area contributed by atoms with E-state index in [2.05, 4.69) is 0 Å². The van der Waals surface area contributed by atoms with Crippen molar-refractivity contribution in [3.8, 4) is 0 Å². The average Bonchev–Trinajstić information content (AvgIpc) is 2.48. The molecule has 0 aliphatic carbocycles. The summed E-state index contributed by atoms with van der Waals surface area (Å²) >= 11 is 6.11. The molecule has 1 aliphatic heterocycles. The number of aliphatic hydroxyl groups is 1. The maximum atomic E-state index is 12.5. The number of carbonyl (C=O) groups excluding carboxylic acids is 1. The normalized spacial score (nSPS) is 18.4. The standard InChI is InChI=1S/C15H17ClF3NO2/c1-9-3-2-4-11(12(9)16)14(22)20-7-5-10(6-8-20)13(21)15(17,18)19/h2-4,10,13,21H,5-8H2,1H3. The Hall–Kier alpha value is -1.27. The van der Waals surface area contributed by atoms with Crippen molar-refractivity contribution in [1.29, 1.82) is 0 Å². The van der Waals surface area contributed by atoms with Crippen LogP contribution >= 0.6 is 11.6 Å². The van der Waals surface area contributed by atoms with Crippen LogP contribution in [0.2, 0.25) is 5.02 Å². The number of benzene rings is 1. The Balaban J connectivity index is 2.03. The summed E-state index contributed by atoms with van der Waals surface area (Å²) < 4.78 is 37.5. The minimum atomic E-state index is -4.61. The fourth-order valence-electron chi connectivity index (χ4n) is 2.67. The van der Waals surface area contributed by atoms with Crippen LogP contribution in [0.3, 0.4) is 0 Å². The van der Waals surface area contributed by atoms with Gasteiger partial charge in [-0.25, -0.2) is 0 Å². The summed E-state index contributed by atoms with van der Waals surface area (Å²) in [6.07, 6.45) is -6.70. The minimum Gasteiger partial charge on any atom is -0.383 e. The lowest BCUT2D eigenvalue weighted by atomic mass is 9.90. The van der Waals surface area contributed by atoms with E-state index in [1.54, 1.807) is 25.1 Å². The zero-order chi connectivity index (χ0) is 16.5. The van der Waals surface area contributed by atoms with Gasteiger partial charge in [0.05, 0.1) is 10.6 Å². The summed E-state index contributed by atoms with van der Waals surface area (Å²) in [6.45, 7) is 2.15. The molecule has 0 radical (unpaired) electrons. The van der Waals surface area contributed by atoms with E-state index >= 15 is 0 Å². The maximum Gasteiger partial charge on any atom is 0.414 e. The van der Waals surface area contributed by atoms with Crippen LogP contribution in [0.15, 0.2) is 18.2 Å². The van der Waals surface area contributed by atoms with Crippen LogP contribution in [0.4, 0.5) is 13.2 Å². The highest BCUT2D eigenvalue weighted by Gasteiger charge is 2.44. The molecule has 1 atom stereocenters. The molecule has 0 aromatic heterocycles. The molecule has 1 aromatic rings. The molecule has 1 unspecified atom stereocenters. The Kier molecular flexibility index (Phi) is 5.02. The van der Waals surface area contributed by atoms with Crippen molar-refractivity contribution in [1.82, 2.24) is 4.90 Å². The fraction of sp³-hybridized carbons (Fsp3) is 0.533. The largest absolute Gasteiger partial charge is 0.414 e.